The van der Waals surface area contributed by atoms with Gasteiger partial charge in [-0.15, -0.1) is 0 Å². The number of rotatable bonds is 2. The highest BCUT2D eigenvalue weighted by molar-refractivity contribution is 5.72. The van der Waals surface area contributed by atoms with E-state index in [1.54, 1.807) is 6.07 Å². The molecule has 0 aliphatic carbocycles. The summed E-state index contributed by atoms with van der Waals surface area (Å²) in [7, 11) is 0. The number of nitrogens with one attached hydrogen (secondary N) is 1. The summed E-state index contributed by atoms with van der Waals surface area (Å²) in [6.07, 6.45) is 0.776. The Bertz CT molecular complexity index is 700. The molecule has 0 aliphatic rings. The molecule has 0 radical (unpaired) electrons. The lowest BCUT2D eigenvalue weighted by atomic mass is 10.1. The van der Waals surface area contributed by atoms with E-state index in [9.17, 15) is 0 Å². The van der Waals surface area contributed by atoms with Crippen LogP contribution in [0.3, 0.4) is 0 Å². The van der Waals surface area contributed by atoms with Gasteiger partial charge in [0.2, 0.25) is 0 Å². The summed E-state index contributed by atoms with van der Waals surface area (Å²) in [6.45, 7) is 2.09. The molecule has 0 atom stereocenters. The van der Waals surface area contributed by atoms with Crippen molar-refractivity contribution in [2.75, 3.05) is 5.73 Å². The quantitative estimate of drug-likeness (QED) is 0.720. The summed E-state index contributed by atoms with van der Waals surface area (Å²) in [5.41, 5.74) is 9.74. The van der Waals surface area contributed by atoms with Crippen molar-refractivity contribution in [2.45, 2.75) is 13.3 Å². The Balaban J connectivity index is 1.95. The lowest BCUT2D eigenvalue weighted by molar-refractivity contribution is 1.03. The van der Waals surface area contributed by atoms with E-state index in [-0.39, 0.29) is 0 Å². The maximum Gasteiger partial charge on any atom is 0.179 e. The molecule has 2 heterocycles. The Morgan fingerprint density at radius 1 is 1.17 bits per heavy atom. The number of nitrogen functional groups attached to an aromatic ring is 1. The van der Waals surface area contributed by atoms with Gasteiger partial charge < -0.3 is 10.7 Å². The number of hydrogen-bond acceptors (Lipinski definition) is 3. The number of nitrogens with zero attached hydrogens (tertiary/aromatic N) is 2. The van der Waals surface area contributed by atoms with Gasteiger partial charge in [0.1, 0.15) is 11.6 Å². The fourth-order valence-corrected chi connectivity index (χ4v) is 2.06. The molecule has 2 aromatic heterocycles. The van der Waals surface area contributed by atoms with Crippen molar-refractivity contribution in [1.29, 1.82) is 0 Å². The van der Waals surface area contributed by atoms with Crippen LogP contribution in [0, 0.1) is 6.92 Å². The largest absolute Gasteiger partial charge is 0.384 e. The first-order chi connectivity index (χ1) is 8.70. The zero-order chi connectivity index (χ0) is 12.5. The number of pyridine rings is 1. The molecule has 0 fully saturated rings. The Kier molecular flexibility index (Phi) is 2.48. The number of hydrogen-bond donors (Lipinski definition) is 2. The van der Waals surface area contributed by atoms with Gasteiger partial charge in [-0.3, -0.25) is 0 Å². The molecule has 0 unspecified atom stereocenters. The first-order valence-corrected chi connectivity index (χ1v) is 5.87. The van der Waals surface area contributed by atoms with Crippen LogP contribution in [0.15, 0.2) is 36.4 Å². The molecule has 3 aromatic rings. The first kappa shape index (κ1) is 10.8. The van der Waals surface area contributed by atoms with Gasteiger partial charge in [-0.05, 0) is 24.6 Å². The number of fused-ring (bicyclic) bond motifs is 1. The molecule has 0 saturated carbocycles. The van der Waals surface area contributed by atoms with Gasteiger partial charge in [-0.25, -0.2) is 9.97 Å². The molecule has 0 aliphatic heterocycles. The molecule has 3 N–H and O–H groups in total. The van der Waals surface area contributed by atoms with E-state index >= 15 is 0 Å². The van der Waals surface area contributed by atoms with Crippen molar-refractivity contribution in [1.82, 2.24) is 15.0 Å². The molecule has 90 valence electrons. The van der Waals surface area contributed by atoms with Crippen molar-refractivity contribution in [3.8, 4) is 0 Å². The van der Waals surface area contributed by atoms with Gasteiger partial charge in [-0.1, -0.05) is 29.8 Å². The van der Waals surface area contributed by atoms with Crippen molar-refractivity contribution in [3.05, 3.63) is 53.3 Å². The summed E-state index contributed by atoms with van der Waals surface area (Å²) in [5, 5.41) is 0. The monoisotopic (exact) mass is 238 g/mol. The van der Waals surface area contributed by atoms with Gasteiger partial charge in [0.25, 0.3) is 0 Å². The predicted octanol–water partition coefficient (Wildman–Crippen LogP) is 2.44. The van der Waals surface area contributed by atoms with Gasteiger partial charge in [0.15, 0.2) is 5.65 Å². The van der Waals surface area contributed by atoms with Gasteiger partial charge in [-0.2, -0.15) is 0 Å². The van der Waals surface area contributed by atoms with Crippen LogP contribution in [-0.2, 0) is 6.42 Å². The summed E-state index contributed by atoms with van der Waals surface area (Å²) >= 11 is 0. The number of aromatic amines is 1. The van der Waals surface area contributed by atoms with E-state index in [4.69, 9.17) is 5.73 Å². The van der Waals surface area contributed by atoms with Gasteiger partial charge >= 0.3 is 0 Å². The van der Waals surface area contributed by atoms with E-state index in [0.717, 1.165) is 17.8 Å². The molecule has 0 spiro atoms. The number of H-pyrrole nitrogens is 1. The van der Waals surface area contributed by atoms with E-state index < -0.39 is 0 Å². The molecule has 4 heteroatoms. The van der Waals surface area contributed by atoms with Crippen molar-refractivity contribution >= 4 is 17.0 Å². The number of benzene rings is 1. The fourth-order valence-electron chi connectivity index (χ4n) is 2.06. The third kappa shape index (κ3) is 2.05. The lowest BCUT2D eigenvalue weighted by Gasteiger charge is -1.99. The highest BCUT2D eigenvalue weighted by Crippen LogP contribution is 2.14. The topological polar surface area (TPSA) is 67.6 Å². The summed E-state index contributed by atoms with van der Waals surface area (Å²) in [4.78, 5) is 11.9. The van der Waals surface area contributed by atoms with E-state index in [2.05, 4.69) is 46.1 Å². The SMILES string of the molecule is Cc1cccc(Cc2nc3nc(N)ccc3[nH]2)c1. The van der Waals surface area contributed by atoms with E-state index in [0.29, 0.717) is 11.5 Å². The number of aryl methyl sites for hydroxylation is 1. The van der Waals surface area contributed by atoms with E-state index in [1.807, 2.05) is 6.07 Å². The molecule has 18 heavy (non-hydrogen) atoms. The zero-order valence-corrected chi connectivity index (χ0v) is 10.1. The minimum absolute atomic E-state index is 0.496. The summed E-state index contributed by atoms with van der Waals surface area (Å²) < 4.78 is 0. The van der Waals surface area contributed by atoms with Crippen LogP contribution in [0.2, 0.25) is 0 Å². The van der Waals surface area contributed by atoms with Crippen LogP contribution >= 0.6 is 0 Å². The second-order valence-corrected chi connectivity index (χ2v) is 4.46. The minimum Gasteiger partial charge on any atom is -0.384 e. The van der Waals surface area contributed by atoms with Crippen molar-refractivity contribution in [3.63, 3.8) is 0 Å². The van der Waals surface area contributed by atoms with Crippen LogP contribution in [-0.4, -0.2) is 15.0 Å². The highest BCUT2D eigenvalue weighted by Gasteiger charge is 2.05. The third-order valence-electron chi connectivity index (χ3n) is 2.87. The van der Waals surface area contributed by atoms with Crippen LogP contribution < -0.4 is 5.73 Å². The average Bonchev–Trinajstić information content (AvgIpc) is 2.70. The normalized spacial score (nSPS) is 10.9. The molecule has 1 aromatic carbocycles. The maximum atomic E-state index is 5.64. The minimum atomic E-state index is 0.496. The Morgan fingerprint density at radius 2 is 2.06 bits per heavy atom. The predicted molar refractivity (Wildman–Crippen MR) is 72.3 cm³/mol. The second kappa shape index (κ2) is 4.14. The molecular weight excluding hydrogens is 224 g/mol. The Labute approximate surface area is 105 Å². The van der Waals surface area contributed by atoms with Crippen molar-refractivity contribution in [2.24, 2.45) is 0 Å². The van der Waals surface area contributed by atoms with Gasteiger partial charge in [0.05, 0.1) is 5.52 Å². The number of nitrogens with two attached hydrogens (primary N) is 1. The lowest BCUT2D eigenvalue weighted by Crippen LogP contribution is -1.91. The third-order valence-corrected chi connectivity index (χ3v) is 2.87. The fraction of sp³-hybridized carbons (Fsp3) is 0.143. The smallest absolute Gasteiger partial charge is 0.179 e. The van der Waals surface area contributed by atoms with Crippen molar-refractivity contribution < 1.29 is 0 Å². The zero-order valence-electron chi connectivity index (χ0n) is 10.1. The molecular formula is C14H14N4. The van der Waals surface area contributed by atoms with Crippen LogP contribution in [0.1, 0.15) is 17.0 Å². The molecule has 0 amide bonds. The van der Waals surface area contributed by atoms with Crippen LogP contribution in [0.5, 0.6) is 0 Å². The summed E-state index contributed by atoms with van der Waals surface area (Å²) in [5.74, 6) is 1.41. The number of anilines is 1. The first-order valence-electron chi connectivity index (χ1n) is 5.87. The number of imidazole rings is 1. The van der Waals surface area contributed by atoms with Crippen LogP contribution in [0.25, 0.3) is 11.2 Å². The van der Waals surface area contributed by atoms with Crippen LogP contribution in [0.4, 0.5) is 5.82 Å². The Morgan fingerprint density at radius 3 is 2.89 bits per heavy atom. The highest BCUT2D eigenvalue weighted by atomic mass is 15.0. The Hall–Kier alpha value is -2.36. The molecule has 0 bridgehead atoms. The van der Waals surface area contributed by atoms with E-state index in [1.165, 1.54) is 11.1 Å². The molecule has 0 saturated heterocycles. The number of aromatic nitrogens is 3. The summed E-state index contributed by atoms with van der Waals surface area (Å²) in [6, 6.07) is 12.1. The maximum absolute atomic E-state index is 5.64. The van der Waals surface area contributed by atoms with Gasteiger partial charge in [0, 0.05) is 6.42 Å². The molecule has 4 nitrogen and oxygen atoms in total. The average molecular weight is 238 g/mol. The standard InChI is InChI=1S/C14H14N4/c1-9-3-2-4-10(7-9)8-13-16-11-5-6-12(15)17-14(11)18-13/h2-7H,8H2,1H3,(H3,15,16,17,18). The molecule has 3 rings (SSSR count). The second-order valence-electron chi connectivity index (χ2n) is 4.46.